The highest BCUT2D eigenvalue weighted by Gasteiger charge is 2.40. The fourth-order valence-corrected chi connectivity index (χ4v) is 6.53. The number of likely N-dealkylation sites (tertiary alicyclic amines) is 1. The Hall–Kier alpha value is -2.78. The van der Waals surface area contributed by atoms with Crippen LogP contribution in [0.15, 0.2) is 41.8 Å². The van der Waals surface area contributed by atoms with Crippen LogP contribution in [0.25, 0.3) is 0 Å². The number of carbonyl (C=O) groups is 3. The van der Waals surface area contributed by atoms with Crippen LogP contribution in [0.1, 0.15) is 72.4 Å². The van der Waals surface area contributed by atoms with Gasteiger partial charge in [0, 0.05) is 31.2 Å². The Labute approximate surface area is 234 Å². The van der Waals surface area contributed by atoms with Crippen LogP contribution in [0.2, 0.25) is 0 Å². The summed E-state index contributed by atoms with van der Waals surface area (Å²) in [4.78, 5) is 44.7. The molecule has 3 amide bonds. The van der Waals surface area contributed by atoms with Crippen molar-refractivity contribution < 1.29 is 18.8 Å². The Bertz CT molecular complexity index is 1100. The highest BCUT2D eigenvalue weighted by atomic mass is 32.1. The van der Waals surface area contributed by atoms with Crippen LogP contribution in [0, 0.1) is 23.6 Å². The van der Waals surface area contributed by atoms with E-state index in [9.17, 15) is 18.8 Å². The zero-order valence-electron chi connectivity index (χ0n) is 23.0. The Morgan fingerprint density at radius 1 is 1.08 bits per heavy atom. The largest absolute Gasteiger partial charge is 0.354 e. The maximum absolute atomic E-state index is 13.6. The summed E-state index contributed by atoms with van der Waals surface area (Å²) in [5.41, 5.74) is 6.25. The van der Waals surface area contributed by atoms with Crippen LogP contribution in [-0.2, 0) is 4.79 Å². The maximum Gasteiger partial charge on any atom is 0.264 e. The predicted octanol–water partition coefficient (Wildman–Crippen LogP) is 4.54. The molecule has 0 bridgehead atoms. The molecule has 0 spiro atoms. The van der Waals surface area contributed by atoms with Crippen molar-refractivity contribution in [2.75, 3.05) is 26.2 Å². The number of nitrogens with two attached hydrogens (primary N) is 1. The molecule has 1 aromatic heterocycles. The standard InChI is InChI=1S/C30H41FN4O3S/c1-20(2)19-35(29(37)23-9-11-24(31)12-10-23)25-13-14-34(30(38)27-4-3-15-39-27)26(16-25)28(36)33-18-22-7-5-21(17-32)6-8-22/h3-4,9-12,15,20-22,25-26H,5-8,13-14,16-19,32H2,1-2H3,(H,33,36)/t21?,22?,25?,26-/m1/s1. The van der Waals surface area contributed by atoms with Gasteiger partial charge in [-0.15, -0.1) is 11.3 Å². The molecular weight excluding hydrogens is 515 g/mol. The second-order valence-electron chi connectivity index (χ2n) is 11.4. The molecule has 0 radical (unpaired) electrons. The van der Waals surface area contributed by atoms with Crippen LogP contribution in [0.5, 0.6) is 0 Å². The van der Waals surface area contributed by atoms with E-state index in [1.807, 2.05) is 30.2 Å². The quantitative estimate of drug-likeness (QED) is 0.474. The smallest absolute Gasteiger partial charge is 0.264 e. The molecule has 39 heavy (non-hydrogen) atoms. The first-order valence-electron chi connectivity index (χ1n) is 14.2. The van der Waals surface area contributed by atoms with Gasteiger partial charge in [0.25, 0.3) is 11.8 Å². The summed E-state index contributed by atoms with van der Waals surface area (Å²) in [6, 6.07) is 8.33. The number of benzene rings is 1. The molecule has 7 nitrogen and oxygen atoms in total. The van der Waals surface area contributed by atoms with Gasteiger partial charge < -0.3 is 20.9 Å². The van der Waals surface area contributed by atoms with E-state index in [4.69, 9.17) is 5.73 Å². The lowest BCUT2D eigenvalue weighted by atomic mass is 9.82. The predicted molar refractivity (Wildman–Crippen MR) is 152 cm³/mol. The molecule has 2 aliphatic rings. The summed E-state index contributed by atoms with van der Waals surface area (Å²) in [6.07, 6.45) is 5.19. The van der Waals surface area contributed by atoms with E-state index < -0.39 is 11.9 Å². The number of thiophene rings is 1. The average molecular weight is 557 g/mol. The highest BCUT2D eigenvalue weighted by molar-refractivity contribution is 7.12. The summed E-state index contributed by atoms with van der Waals surface area (Å²) in [6.45, 7) is 6.28. The number of rotatable bonds is 9. The summed E-state index contributed by atoms with van der Waals surface area (Å²) in [5.74, 6) is 0.307. The summed E-state index contributed by atoms with van der Waals surface area (Å²) < 4.78 is 13.5. The summed E-state index contributed by atoms with van der Waals surface area (Å²) in [5, 5.41) is 5.01. The molecule has 2 fully saturated rings. The lowest BCUT2D eigenvalue weighted by Crippen LogP contribution is -2.58. The highest BCUT2D eigenvalue weighted by Crippen LogP contribution is 2.29. The van der Waals surface area contributed by atoms with Crippen LogP contribution in [0.4, 0.5) is 4.39 Å². The molecule has 1 aromatic carbocycles. The van der Waals surface area contributed by atoms with Crippen molar-refractivity contribution in [1.29, 1.82) is 0 Å². The number of nitrogens with one attached hydrogen (secondary N) is 1. The third kappa shape index (κ3) is 7.45. The van der Waals surface area contributed by atoms with Gasteiger partial charge in [0.2, 0.25) is 5.91 Å². The van der Waals surface area contributed by atoms with Gasteiger partial charge in [-0.1, -0.05) is 19.9 Å². The Kier molecular flexibility index (Phi) is 10.1. The minimum Gasteiger partial charge on any atom is -0.354 e. The number of piperidine rings is 1. The molecule has 2 atom stereocenters. The molecule has 9 heteroatoms. The molecule has 2 heterocycles. The molecule has 212 valence electrons. The van der Waals surface area contributed by atoms with E-state index >= 15 is 0 Å². The number of hydrogen-bond acceptors (Lipinski definition) is 5. The van der Waals surface area contributed by atoms with Gasteiger partial charge in [0.1, 0.15) is 11.9 Å². The van der Waals surface area contributed by atoms with Crippen molar-refractivity contribution in [2.45, 2.75) is 64.5 Å². The van der Waals surface area contributed by atoms with Crippen molar-refractivity contribution in [1.82, 2.24) is 15.1 Å². The molecule has 4 rings (SSSR count). The van der Waals surface area contributed by atoms with E-state index in [-0.39, 0.29) is 29.7 Å². The molecule has 1 aliphatic heterocycles. The van der Waals surface area contributed by atoms with E-state index in [1.165, 1.54) is 35.6 Å². The van der Waals surface area contributed by atoms with Crippen LogP contribution < -0.4 is 11.1 Å². The maximum atomic E-state index is 13.6. The Morgan fingerprint density at radius 3 is 2.38 bits per heavy atom. The number of hydrogen-bond donors (Lipinski definition) is 2. The number of halogens is 1. The zero-order chi connectivity index (χ0) is 27.9. The fourth-order valence-electron chi connectivity index (χ4n) is 5.85. The molecule has 1 unspecified atom stereocenters. The molecule has 1 saturated heterocycles. The number of amides is 3. The van der Waals surface area contributed by atoms with Crippen LogP contribution in [-0.4, -0.2) is 65.8 Å². The summed E-state index contributed by atoms with van der Waals surface area (Å²) >= 11 is 1.37. The van der Waals surface area contributed by atoms with Gasteiger partial charge in [-0.05, 0) is 98.5 Å². The molecule has 1 saturated carbocycles. The van der Waals surface area contributed by atoms with Gasteiger partial charge in [-0.3, -0.25) is 14.4 Å². The molecule has 2 aromatic rings. The lowest BCUT2D eigenvalue weighted by Gasteiger charge is -2.43. The van der Waals surface area contributed by atoms with Crippen molar-refractivity contribution in [3.05, 3.63) is 58.0 Å². The van der Waals surface area contributed by atoms with Gasteiger partial charge in [0.15, 0.2) is 0 Å². The molecule has 1 aliphatic carbocycles. The molecule has 3 N–H and O–H groups in total. The second-order valence-corrected chi connectivity index (χ2v) is 12.3. The second kappa shape index (κ2) is 13.5. The van der Waals surface area contributed by atoms with Crippen molar-refractivity contribution in [3.63, 3.8) is 0 Å². The Morgan fingerprint density at radius 2 is 1.77 bits per heavy atom. The van der Waals surface area contributed by atoms with E-state index in [2.05, 4.69) is 5.32 Å². The number of nitrogens with zero attached hydrogens (tertiary/aromatic N) is 2. The minimum atomic E-state index is -0.672. The zero-order valence-corrected chi connectivity index (χ0v) is 23.8. The van der Waals surface area contributed by atoms with E-state index in [0.717, 1.165) is 25.7 Å². The Balaban J connectivity index is 1.51. The van der Waals surface area contributed by atoms with E-state index in [0.29, 0.717) is 61.3 Å². The third-order valence-corrected chi connectivity index (χ3v) is 8.95. The first-order valence-corrected chi connectivity index (χ1v) is 15.0. The normalized spacial score (nSPS) is 23.5. The topological polar surface area (TPSA) is 95.7 Å². The fraction of sp³-hybridized carbons (Fsp3) is 0.567. The lowest BCUT2D eigenvalue weighted by molar-refractivity contribution is -0.127. The van der Waals surface area contributed by atoms with Crippen molar-refractivity contribution in [2.24, 2.45) is 23.5 Å². The van der Waals surface area contributed by atoms with Gasteiger partial charge in [-0.2, -0.15) is 0 Å². The third-order valence-electron chi connectivity index (χ3n) is 8.09. The summed E-state index contributed by atoms with van der Waals surface area (Å²) in [7, 11) is 0. The SMILES string of the molecule is CC(C)CN(C(=O)c1ccc(F)cc1)C1CCN(C(=O)c2cccs2)[C@@H](C(=O)NCC2CCC(CN)CC2)C1. The first kappa shape index (κ1) is 29.2. The van der Waals surface area contributed by atoms with Gasteiger partial charge in [0.05, 0.1) is 4.88 Å². The van der Waals surface area contributed by atoms with Crippen molar-refractivity contribution >= 4 is 29.1 Å². The van der Waals surface area contributed by atoms with Crippen LogP contribution >= 0.6 is 11.3 Å². The van der Waals surface area contributed by atoms with Crippen molar-refractivity contribution in [3.8, 4) is 0 Å². The molecular formula is C30H41FN4O3S. The average Bonchev–Trinajstić information content (AvgIpc) is 3.49. The minimum absolute atomic E-state index is 0.146. The monoisotopic (exact) mass is 556 g/mol. The number of carbonyl (C=O) groups excluding carboxylic acids is 3. The van der Waals surface area contributed by atoms with Gasteiger partial charge >= 0.3 is 0 Å². The van der Waals surface area contributed by atoms with Gasteiger partial charge in [-0.25, -0.2) is 4.39 Å². The van der Waals surface area contributed by atoms with E-state index in [1.54, 1.807) is 11.0 Å². The first-order chi connectivity index (χ1) is 18.8. The van der Waals surface area contributed by atoms with Crippen LogP contribution in [0.3, 0.4) is 0 Å².